The van der Waals surface area contributed by atoms with Crippen LogP contribution in [0.1, 0.15) is 45.9 Å². The molecule has 0 aromatic carbocycles. The molecule has 17 heavy (non-hydrogen) atoms. The normalized spacial score (nSPS) is 15.2. The minimum Gasteiger partial charge on any atom is -0.390 e. The summed E-state index contributed by atoms with van der Waals surface area (Å²) in [6.45, 7) is 8.78. The molecule has 4 heteroatoms. The monoisotopic (exact) mass is 240 g/mol. The van der Waals surface area contributed by atoms with E-state index in [0.29, 0.717) is 19.1 Å². The average molecular weight is 240 g/mol. The molecule has 4 nitrogen and oxygen atoms in total. The Morgan fingerprint density at radius 3 is 2.59 bits per heavy atom. The Labute approximate surface area is 104 Å². The Kier molecular flexibility index (Phi) is 5.65. The van der Waals surface area contributed by atoms with Crippen LogP contribution < -0.4 is 0 Å². The van der Waals surface area contributed by atoms with E-state index >= 15 is 0 Å². The van der Waals surface area contributed by atoms with Crippen molar-refractivity contribution < 1.29 is 9.84 Å². The summed E-state index contributed by atoms with van der Waals surface area (Å²) in [6, 6.07) is 2.32. The lowest BCUT2D eigenvalue weighted by Gasteiger charge is -2.20. The van der Waals surface area contributed by atoms with E-state index in [1.54, 1.807) is 0 Å². The average Bonchev–Trinajstić information content (AvgIpc) is 2.74. The highest BCUT2D eigenvalue weighted by Crippen LogP contribution is 2.11. The Balaban J connectivity index is 2.56. The highest BCUT2D eigenvalue weighted by Gasteiger charge is 2.19. The zero-order valence-corrected chi connectivity index (χ0v) is 11.3. The van der Waals surface area contributed by atoms with Crippen LogP contribution >= 0.6 is 0 Å². The molecule has 98 valence electrons. The first-order chi connectivity index (χ1) is 8.08. The van der Waals surface area contributed by atoms with E-state index in [2.05, 4.69) is 18.9 Å². The van der Waals surface area contributed by atoms with Gasteiger partial charge in [0.25, 0.3) is 0 Å². The predicted molar refractivity (Wildman–Crippen MR) is 68.0 cm³/mol. The highest BCUT2D eigenvalue weighted by atomic mass is 16.5. The highest BCUT2D eigenvalue weighted by molar-refractivity contribution is 5.01. The molecule has 2 unspecified atom stereocenters. The summed E-state index contributed by atoms with van der Waals surface area (Å²) in [5, 5.41) is 14.5. The van der Waals surface area contributed by atoms with Crippen LogP contribution in [0.15, 0.2) is 12.3 Å². The van der Waals surface area contributed by atoms with E-state index in [0.717, 1.165) is 12.1 Å². The summed E-state index contributed by atoms with van der Waals surface area (Å²) in [5.41, 5.74) is 0.921. The molecule has 2 atom stereocenters. The lowest BCUT2D eigenvalue weighted by molar-refractivity contribution is -0.0338. The predicted octanol–water partition coefficient (Wildman–Crippen LogP) is 2.18. The minimum absolute atomic E-state index is 0.0933. The van der Waals surface area contributed by atoms with Gasteiger partial charge in [0.1, 0.15) is 0 Å². The Bertz CT molecular complexity index is 323. The second kappa shape index (κ2) is 6.77. The molecular weight excluding hydrogens is 216 g/mol. The zero-order valence-electron chi connectivity index (χ0n) is 11.3. The van der Waals surface area contributed by atoms with E-state index in [1.165, 1.54) is 0 Å². The molecule has 0 bridgehead atoms. The zero-order chi connectivity index (χ0) is 12.8. The molecule has 0 saturated carbocycles. The largest absolute Gasteiger partial charge is 0.390 e. The third-order valence-electron chi connectivity index (χ3n) is 2.82. The van der Waals surface area contributed by atoms with E-state index in [4.69, 9.17) is 4.74 Å². The number of rotatable bonds is 7. The van der Waals surface area contributed by atoms with E-state index in [-0.39, 0.29) is 6.10 Å². The number of hydrogen-bond acceptors (Lipinski definition) is 3. The molecule has 1 N–H and O–H groups in total. The summed E-state index contributed by atoms with van der Waals surface area (Å²) in [6.07, 6.45) is 2.76. The van der Waals surface area contributed by atoms with Gasteiger partial charge in [0.15, 0.2) is 0 Å². The van der Waals surface area contributed by atoms with Crippen LogP contribution in [-0.4, -0.2) is 33.7 Å². The van der Waals surface area contributed by atoms with Crippen molar-refractivity contribution in [3.8, 4) is 0 Å². The number of nitrogens with zero attached hydrogens (tertiary/aromatic N) is 2. The third kappa shape index (κ3) is 4.13. The van der Waals surface area contributed by atoms with Crippen LogP contribution in [-0.2, 0) is 11.2 Å². The molecule has 0 aliphatic rings. The van der Waals surface area contributed by atoms with Crippen molar-refractivity contribution in [3.05, 3.63) is 18.0 Å². The Morgan fingerprint density at radius 1 is 1.41 bits per heavy atom. The van der Waals surface area contributed by atoms with Gasteiger partial charge in [0, 0.05) is 25.3 Å². The Hall–Kier alpha value is -0.870. The van der Waals surface area contributed by atoms with E-state index in [1.807, 2.05) is 30.8 Å². The summed E-state index contributed by atoms with van der Waals surface area (Å²) >= 11 is 0. The molecule has 0 aliphatic heterocycles. The van der Waals surface area contributed by atoms with Gasteiger partial charge in [-0.3, -0.25) is 4.68 Å². The summed E-state index contributed by atoms with van der Waals surface area (Å²) in [4.78, 5) is 0. The molecule has 0 amide bonds. The van der Waals surface area contributed by atoms with E-state index < -0.39 is 6.10 Å². The van der Waals surface area contributed by atoms with Crippen molar-refractivity contribution in [1.82, 2.24) is 9.78 Å². The summed E-state index contributed by atoms with van der Waals surface area (Å²) < 4.78 is 7.40. The van der Waals surface area contributed by atoms with Crippen molar-refractivity contribution in [1.29, 1.82) is 0 Å². The fourth-order valence-electron chi connectivity index (χ4n) is 1.83. The first-order valence-corrected chi connectivity index (χ1v) is 6.42. The summed E-state index contributed by atoms with van der Waals surface area (Å²) in [7, 11) is 0. The smallest absolute Gasteiger partial charge is 0.0857 e. The molecule has 0 fully saturated rings. The van der Waals surface area contributed by atoms with E-state index in [9.17, 15) is 5.11 Å². The van der Waals surface area contributed by atoms with Crippen molar-refractivity contribution in [3.63, 3.8) is 0 Å². The van der Waals surface area contributed by atoms with Gasteiger partial charge < -0.3 is 9.84 Å². The first-order valence-electron chi connectivity index (χ1n) is 6.42. The van der Waals surface area contributed by atoms with Gasteiger partial charge >= 0.3 is 0 Å². The SMILES string of the molecule is CCOC(CC)C(O)Cc1ccn(C(C)C)n1. The molecule has 1 aromatic heterocycles. The third-order valence-corrected chi connectivity index (χ3v) is 2.82. The van der Waals surface area contributed by atoms with Crippen LogP contribution in [0.3, 0.4) is 0 Å². The fourth-order valence-corrected chi connectivity index (χ4v) is 1.83. The topological polar surface area (TPSA) is 47.3 Å². The van der Waals surface area contributed by atoms with Crippen molar-refractivity contribution in [2.24, 2.45) is 0 Å². The van der Waals surface area contributed by atoms with Crippen LogP contribution in [0.25, 0.3) is 0 Å². The molecule has 0 radical (unpaired) electrons. The lowest BCUT2D eigenvalue weighted by atomic mass is 10.1. The lowest BCUT2D eigenvalue weighted by Crippen LogP contribution is -2.30. The first kappa shape index (κ1) is 14.2. The Morgan fingerprint density at radius 2 is 2.12 bits per heavy atom. The van der Waals surface area contributed by atoms with Crippen LogP contribution in [0.4, 0.5) is 0 Å². The number of aliphatic hydroxyl groups excluding tert-OH is 1. The van der Waals surface area contributed by atoms with Gasteiger partial charge in [0.2, 0.25) is 0 Å². The maximum absolute atomic E-state index is 10.1. The maximum Gasteiger partial charge on any atom is 0.0857 e. The molecule has 1 aromatic rings. The maximum atomic E-state index is 10.1. The number of hydrogen-bond donors (Lipinski definition) is 1. The van der Waals surface area contributed by atoms with Crippen molar-refractivity contribution >= 4 is 0 Å². The molecule has 1 rings (SSSR count). The fraction of sp³-hybridized carbons (Fsp3) is 0.769. The van der Waals surface area contributed by atoms with Gasteiger partial charge in [-0.1, -0.05) is 6.92 Å². The van der Waals surface area contributed by atoms with Crippen LogP contribution in [0.2, 0.25) is 0 Å². The van der Waals surface area contributed by atoms with Crippen molar-refractivity contribution in [2.75, 3.05) is 6.61 Å². The van der Waals surface area contributed by atoms with Gasteiger partial charge in [-0.2, -0.15) is 5.10 Å². The molecule has 0 spiro atoms. The molecule has 1 heterocycles. The minimum atomic E-state index is -0.476. The number of aromatic nitrogens is 2. The van der Waals surface area contributed by atoms with Crippen molar-refractivity contribution in [2.45, 2.75) is 58.8 Å². The summed E-state index contributed by atoms with van der Waals surface area (Å²) in [5.74, 6) is 0. The van der Waals surface area contributed by atoms with Gasteiger partial charge in [-0.15, -0.1) is 0 Å². The van der Waals surface area contributed by atoms with Gasteiger partial charge in [-0.25, -0.2) is 0 Å². The second-order valence-electron chi connectivity index (χ2n) is 4.55. The van der Waals surface area contributed by atoms with Crippen LogP contribution in [0, 0.1) is 0 Å². The second-order valence-corrected chi connectivity index (χ2v) is 4.55. The molecule has 0 aliphatic carbocycles. The molecular formula is C13H24N2O2. The quantitative estimate of drug-likeness (QED) is 0.794. The van der Waals surface area contributed by atoms with Crippen LogP contribution in [0.5, 0.6) is 0 Å². The van der Waals surface area contributed by atoms with Gasteiger partial charge in [-0.05, 0) is 33.3 Å². The number of aliphatic hydroxyl groups is 1. The molecule has 0 saturated heterocycles. The standard InChI is InChI=1S/C13H24N2O2/c1-5-13(17-6-2)12(16)9-11-7-8-15(14-11)10(3)4/h7-8,10,12-13,16H,5-6,9H2,1-4H3. The number of ether oxygens (including phenoxy) is 1. The van der Waals surface area contributed by atoms with Gasteiger partial charge in [0.05, 0.1) is 17.9 Å².